The van der Waals surface area contributed by atoms with Gasteiger partial charge in [-0.2, -0.15) is 0 Å². The zero-order chi connectivity index (χ0) is 14.7. The van der Waals surface area contributed by atoms with Crippen LogP contribution in [0.1, 0.15) is 34.8 Å². The minimum Gasteiger partial charge on any atom is -0.335 e. The van der Waals surface area contributed by atoms with Gasteiger partial charge in [0.15, 0.2) is 0 Å². The predicted molar refractivity (Wildman–Crippen MR) is 91.0 cm³/mol. The highest BCUT2D eigenvalue weighted by molar-refractivity contribution is 7.99. The molecule has 1 aliphatic rings. The minimum atomic E-state index is 0.264. The predicted octanol–water partition coefficient (Wildman–Crippen LogP) is 3.97. The summed E-state index contributed by atoms with van der Waals surface area (Å²) in [6, 6.07) is 2.46. The van der Waals surface area contributed by atoms with Gasteiger partial charge in [0.05, 0.1) is 11.8 Å². The molecule has 0 spiro atoms. The molecule has 112 valence electrons. The van der Waals surface area contributed by atoms with E-state index in [0.29, 0.717) is 5.75 Å². The second-order valence-corrected chi connectivity index (χ2v) is 7.94. The Morgan fingerprint density at radius 2 is 2.38 bits per heavy atom. The first-order valence-electron chi connectivity index (χ1n) is 7.11. The van der Waals surface area contributed by atoms with Crippen molar-refractivity contribution < 1.29 is 4.79 Å². The van der Waals surface area contributed by atoms with Gasteiger partial charge < -0.3 is 4.90 Å². The zero-order valence-electron chi connectivity index (χ0n) is 11.9. The number of nitrogens with zero attached hydrogens (tertiary/aromatic N) is 2. The van der Waals surface area contributed by atoms with E-state index in [4.69, 9.17) is 0 Å². The number of hydrogen-bond donors (Lipinski definition) is 0. The normalized spacial score (nSPS) is 17.8. The number of hydrogen-bond acceptors (Lipinski definition) is 5. The van der Waals surface area contributed by atoms with Gasteiger partial charge in [0.2, 0.25) is 5.91 Å². The molecule has 0 N–H and O–H groups in total. The Morgan fingerprint density at radius 3 is 3.14 bits per heavy atom. The van der Waals surface area contributed by atoms with E-state index in [0.717, 1.165) is 30.1 Å². The average molecular weight is 339 g/mol. The van der Waals surface area contributed by atoms with Crippen molar-refractivity contribution in [2.75, 3.05) is 12.3 Å². The quantitative estimate of drug-likeness (QED) is 0.827. The van der Waals surface area contributed by atoms with Gasteiger partial charge in [-0.25, -0.2) is 4.98 Å². The van der Waals surface area contributed by atoms with E-state index in [1.165, 1.54) is 10.4 Å². The molecule has 0 unspecified atom stereocenters. The van der Waals surface area contributed by atoms with Crippen LogP contribution in [0.15, 0.2) is 23.0 Å². The number of thiazole rings is 1. The molecule has 0 fully saturated rings. The van der Waals surface area contributed by atoms with Gasteiger partial charge >= 0.3 is 0 Å². The summed E-state index contributed by atoms with van der Waals surface area (Å²) in [6.45, 7) is 3.03. The van der Waals surface area contributed by atoms with Crippen LogP contribution in [0.3, 0.4) is 0 Å². The van der Waals surface area contributed by atoms with Crippen molar-refractivity contribution >= 4 is 40.3 Å². The molecule has 3 rings (SSSR count). The number of rotatable bonds is 5. The third-order valence-corrected chi connectivity index (χ3v) is 6.62. The smallest absolute Gasteiger partial charge is 0.233 e. The van der Waals surface area contributed by atoms with E-state index in [9.17, 15) is 4.79 Å². The molecule has 1 atom stereocenters. The lowest BCUT2D eigenvalue weighted by Gasteiger charge is -2.35. The molecule has 3 heterocycles. The van der Waals surface area contributed by atoms with Gasteiger partial charge in [-0.05, 0) is 29.9 Å². The van der Waals surface area contributed by atoms with Crippen molar-refractivity contribution in [2.45, 2.75) is 31.6 Å². The maximum Gasteiger partial charge on any atom is 0.233 e. The van der Waals surface area contributed by atoms with Gasteiger partial charge in [0, 0.05) is 28.8 Å². The number of carbonyl (C=O) groups excluding carboxylic acids is 1. The van der Waals surface area contributed by atoms with Crippen LogP contribution in [0, 0.1) is 0 Å². The number of amides is 1. The summed E-state index contributed by atoms with van der Waals surface area (Å²) < 4.78 is 0. The lowest BCUT2D eigenvalue weighted by molar-refractivity contribution is -0.131. The van der Waals surface area contributed by atoms with Gasteiger partial charge in [-0.3, -0.25) is 4.79 Å². The molecular formula is C15H18N2OS3. The van der Waals surface area contributed by atoms with Crippen LogP contribution in [0.25, 0.3) is 0 Å². The van der Waals surface area contributed by atoms with E-state index in [1.54, 1.807) is 23.1 Å². The summed E-state index contributed by atoms with van der Waals surface area (Å²) in [4.78, 5) is 20.3. The lowest BCUT2D eigenvalue weighted by atomic mass is 9.98. The monoisotopic (exact) mass is 338 g/mol. The van der Waals surface area contributed by atoms with Crippen LogP contribution in [-0.4, -0.2) is 28.1 Å². The van der Waals surface area contributed by atoms with Crippen molar-refractivity contribution in [1.29, 1.82) is 0 Å². The van der Waals surface area contributed by atoms with E-state index in [1.807, 2.05) is 22.9 Å². The molecule has 0 aromatic carbocycles. The average Bonchev–Trinajstić information content (AvgIpc) is 3.16. The highest BCUT2D eigenvalue weighted by Crippen LogP contribution is 2.35. The molecule has 1 aliphatic heterocycles. The fraction of sp³-hybridized carbons (Fsp3) is 0.467. The molecule has 2 aromatic heterocycles. The van der Waals surface area contributed by atoms with Gasteiger partial charge in [-0.1, -0.05) is 6.92 Å². The molecule has 0 saturated carbocycles. The van der Waals surface area contributed by atoms with Crippen molar-refractivity contribution in [3.8, 4) is 0 Å². The molecule has 3 nitrogen and oxygen atoms in total. The van der Waals surface area contributed by atoms with Crippen LogP contribution in [0.4, 0.5) is 0 Å². The zero-order valence-corrected chi connectivity index (χ0v) is 14.4. The third kappa shape index (κ3) is 3.33. The number of thiophene rings is 1. The Morgan fingerprint density at radius 1 is 1.48 bits per heavy atom. The van der Waals surface area contributed by atoms with E-state index in [2.05, 4.69) is 28.3 Å². The maximum atomic E-state index is 12.5. The first-order valence-corrected chi connectivity index (χ1v) is 10.0. The SMILES string of the molecule is CC[C@H]1c2ccsc2CCN1C(=O)CSCc1nccs1. The highest BCUT2D eigenvalue weighted by Gasteiger charge is 2.29. The number of thioether (sulfide) groups is 1. The molecule has 0 bridgehead atoms. The fourth-order valence-electron chi connectivity index (χ4n) is 2.77. The molecular weight excluding hydrogens is 320 g/mol. The topological polar surface area (TPSA) is 33.2 Å². The molecule has 1 amide bonds. The van der Waals surface area contributed by atoms with Crippen LogP contribution in [0.5, 0.6) is 0 Å². The van der Waals surface area contributed by atoms with Crippen molar-refractivity contribution in [2.24, 2.45) is 0 Å². The second kappa shape index (κ2) is 6.94. The fourth-order valence-corrected chi connectivity index (χ4v) is 5.31. The van der Waals surface area contributed by atoms with Crippen molar-refractivity contribution in [1.82, 2.24) is 9.88 Å². The standard InChI is InChI=1S/C15H18N2OS3/c1-2-12-11-4-7-20-13(11)3-6-17(12)15(18)10-19-9-14-16-5-8-21-14/h4-5,7-8,12H,2-3,6,9-10H2,1H3/t12-/m0/s1. The van der Waals surface area contributed by atoms with E-state index < -0.39 is 0 Å². The first-order chi connectivity index (χ1) is 10.3. The Bertz CT molecular complexity index is 594. The molecule has 6 heteroatoms. The molecule has 2 aromatic rings. The Labute approximate surface area is 137 Å². The van der Waals surface area contributed by atoms with Crippen LogP contribution in [0.2, 0.25) is 0 Å². The summed E-state index contributed by atoms with van der Waals surface area (Å²) in [5.74, 6) is 1.65. The summed E-state index contributed by atoms with van der Waals surface area (Å²) >= 11 is 5.14. The first kappa shape index (κ1) is 15.1. The maximum absolute atomic E-state index is 12.5. The summed E-state index contributed by atoms with van der Waals surface area (Å²) in [5.41, 5.74) is 1.37. The van der Waals surface area contributed by atoms with Gasteiger partial charge in [0.25, 0.3) is 0 Å². The molecule has 0 saturated heterocycles. The van der Waals surface area contributed by atoms with Gasteiger partial charge in [0.1, 0.15) is 5.01 Å². The second-order valence-electron chi connectivity index (χ2n) is 4.98. The highest BCUT2D eigenvalue weighted by atomic mass is 32.2. The van der Waals surface area contributed by atoms with Gasteiger partial charge in [-0.15, -0.1) is 34.4 Å². The molecule has 21 heavy (non-hydrogen) atoms. The third-order valence-electron chi connectivity index (χ3n) is 3.74. The summed E-state index contributed by atoms with van der Waals surface area (Å²) in [7, 11) is 0. The summed E-state index contributed by atoms with van der Waals surface area (Å²) in [6.07, 6.45) is 3.82. The van der Waals surface area contributed by atoms with Crippen LogP contribution >= 0.6 is 34.4 Å². The number of carbonyl (C=O) groups is 1. The minimum absolute atomic E-state index is 0.264. The van der Waals surface area contributed by atoms with E-state index in [-0.39, 0.29) is 11.9 Å². The number of aromatic nitrogens is 1. The Kier molecular flexibility index (Phi) is 4.98. The largest absolute Gasteiger partial charge is 0.335 e. The Hall–Kier alpha value is -0.850. The van der Waals surface area contributed by atoms with Crippen LogP contribution in [-0.2, 0) is 17.0 Å². The van der Waals surface area contributed by atoms with Crippen molar-refractivity contribution in [3.63, 3.8) is 0 Å². The summed E-state index contributed by atoms with van der Waals surface area (Å²) in [5, 5.41) is 5.23. The molecule has 0 radical (unpaired) electrons. The number of fused-ring (bicyclic) bond motifs is 1. The van der Waals surface area contributed by atoms with E-state index >= 15 is 0 Å². The van der Waals surface area contributed by atoms with Crippen LogP contribution < -0.4 is 0 Å². The molecule has 0 aliphatic carbocycles. The lowest BCUT2D eigenvalue weighted by Crippen LogP contribution is -2.40. The Balaban J connectivity index is 1.59. The van der Waals surface area contributed by atoms with Crippen molar-refractivity contribution in [3.05, 3.63) is 38.5 Å².